The number of fused-ring (bicyclic) bond motifs is 2. The van der Waals surface area contributed by atoms with Crippen LogP contribution in [0.4, 0.5) is 0 Å². The van der Waals surface area contributed by atoms with E-state index in [9.17, 15) is 0 Å². The third kappa shape index (κ3) is 9.96. The minimum Gasteiger partial charge on any atom is -0.373 e. The zero-order valence-corrected chi connectivity index (χ0v) is 40.3. The SMILES string of the molecule is C[C@@H](OCC1(c2ccccc2)CCN(C)CC1)c1cc(Br)cc2c1ncn2CC1CC1.C[C@H](OCC1(c2ccccc2)CCN(C)CC1)c1cc(Br)cc2c1ncn2CC1CC1. The van der Waals surface area contributed by atoms with Crippen molar-refractivity contribution >= 4 is 53.9 Å². The Balaban J connectivity index is 0.000000158. The van der Waals surface area contributed by atoms with Crippen molar-refractivity contribution < 1.29 is 9.47 Å². The number of piperidine rings is 2. The Morgan fingerprint density at radius 1 is 0.581 bits per heavy atom. The number of imidazole rings is 2. The zero-order valence-electron chi connectivity index (χ0n) is 37.1. The van der Waals surface area contributed by atoms with Crippen LogP contribution in [0.3, 0.4) is 0 Å². The summed E-state index contributed by atoms with van der Waals surface area (Å²) in [6.45, 7) is 12.4. The molecule has 4 fully saturated rings. The Hall–Kier alpha value is -3.38. The van der Waals surface area contributed by atoms with Crippen LogP contribution >= 0.6 is 31.9 Å². The molecular weight excluding hydrogens is 900 g/mol. The van der Waals surface area contributed by atoms with Crippen molar-refractivity contribution in [2.45, 2.75) is 101 Å². The van der Waals surface area contributed by atoms with E-state index in [2.05, 4.69) is 164 Å². The number of ether oxygens (including phenoxy) is 2. The molecule has 2 aliphatic carbocycles. The number of benzene rings is 4. The van der Waals surface area contributed by atoms with E-state index < -0.39 is 0 Å². The first-order valence-corrected chi connectivity index (χ1v) is 24.7. The predicted molar refractivity (Wildman–Crippen MR) is 259 cm³/mol. The fourth-order valence-corrected chi connectivity index (χ4v) is 10.8. The molecule has 2 atom stereocenters. The second-order valence-corrected chi connectivity index (χ2v) is 21.0. The molecule has 6 aromatic rings. The van der Waals surface area contributed by atoms with Crippen molar-refractivity contribution in [1.29, 1.82) is 0 Å². The van der Waals surface area contributed by atoms with E-state index in [1.54, 1.807) is 0 Å². The van der Waals surface area contributed by atoms with Crippen LogP contribution in [0, 0.1) is 11.8 Å². The van der Waals surface area contributed by atoms with Crippen molar-refractivity contribution in [3.8, 4) is 0 Å². The Morgan fingerprint density at radius 3 is 1.31 bits per heavy atom. The van der Waals surface area contributed by atoms with Crippen LogP contribution in [-0.2, 0) is 33.4 Å². The lowest BCUT2D eigenvalue weighted by Gasteiger charge is -2.41. The average molecular weight is 965 g/mol. The van der Waals surface area contributed by atoms with Gasteiger partial charge in [0, 0.05) is 44.0 Å². The van der Waals surface area contributed by atoms with E-state index >= 15 is 0 Å². The van der Waals surface area contributed by atoms with Gasteiger partial charge in [0.15, 0.2) is 0 Å². The van der Waals surface area contributed by atoms with Gasteiger partial charge in [-0.2, -0.15) is 0 Å². The molecule has 8 nitrogen and oxygen atoms in total. The summed E-state index contributed by atoms with van der Waals surface area (Å²) < 4.78 is 20.1. The van der Waals surface area contributed by atoms with E-state index in [1.165, 1.54) is 59.0 Å². The van der Waals surface area contributed by atoms with E-state index in [-0.39, 0.29) is 23.0 Å². The van der Waals surface area contributed by atoms with Crippen molar-refractivity contribution in [2.75, 3.05) is 53.5 Å². The van der Waals surface area contributed by atoms with Crippen LogP contribution in [0.2, 0.25) is 0 Å². The van der Waals surface area contributed by atoms with Gasteiger partial charge in [-0.05, 0) is 153 Å². The fraction of sp³-hybridized carbons (Fsp3) is 0.500. The van der Waals surface area contributed by atoms with Crippen molar-refractivity contribution in [2.24, 2.45) is 11.8 Å². The molecule has 2 aliphatic heterocycles. The first-order chi connectivity index (χ1) is 30.1. The molecular formula is C52H64Br2N6O2. The lowest BCUT2D eigenvalue weighted by molar-refractivity contribution is 0.00692. The lowest BCUT2D eigenvalue weighted by Crippen LogP contribution is -2.44. The molecule has 0 unspecified atom stereocenters. The minimum atomic E-state index is -0.00971. The van der Waals surface area contributed by atoms with Crippen LogP contribution in [0.25, 0.3) is 22.1 Å². The van der Waals surface area contributed by atoms with Gasteiger partial charge < -0.3 is 28.4 Å². The normalized spacial score (nSPS) is 20.2. The number of likely N-dealkylation sites (tertiary alicyclic amines) is 2. The van der Waals surface area contributed by atoms with Gasteiger partial charge in [0.05, 0.1) is 60.1 Å². The van der Waals surface area contributed by atoms with Gasteiger partial charge in [-0.15, -0.1) is 0 Å². The Bertz CT molecular complexity index is 2240. The fourth-order valence-electron chi connectivity index (χ4n) is 9.84. The second-order valence-electron chi connectivity index (χ2n) is 19.2. The minimum absolute atomic E-state index is 0.00971. The molecule has 62 heavy (non-hydrogen) atoms. The van der Waals surface area contributed by atoms with Gasteiger partial charge in [0.25, 0.3) is 0 Å². The molecule has 0 spiro atoms. The number of hydrogen-bond donors (Lipinski definition) is 0. The number of aromatic nitrogens is 4. The number of nitrogens with zero attached hydrogens (tertiary/aromatic N) is 6. The Kier molecular flexibility index (Phi) is 13.4. The molecule has 0 amide bonds. The maximum absolute atomic E-state index is 6.64. The highest BCUT2D eigenvalue weighted by molar-refractivity contribution is 9.10. The van der Waals surface area contributed by atoms with Crippen molar-refractivity contribution in [1.82, 2.24) is 28.9 Å². The monoisotopic (exact) mass is 962 g/mol. The highest BCUT2D eigenvalue weighted by atomic mass is 79.9. The number of hydrogen-bond acceptors (Lipinski definition) is 6. The summed E-state index contributed by atoms with van der Waals surface area (Å²) in [5, 5.41) is 0. The lowest BCUT2D eigenvalue weighted by atomic mass is 9.73. The van der Waals surface area contributed by atoms with Crippen molar-refractivity contribution in [3.05, 3.63) is 129 Å². The standard InChI is InChI=1S/2C26H32BrN3O/c2*1-19(23-14-22(27)15-24-25(23)28-18-30(24)16-20-8-9-20)31-17-26(10-12-29(2)13-11-26)21-6-4-3-5-7-21/h2*3-7,14-15,18-20H,8-13,16-17H2,1-2H3/t2*19-/m10/s1. The molecule has 328 valence electrons. The zero-order chi connectivity index (χ0) is 42.8. The number of halogens is 2. The summed E-state index contributed by atoms with van der Waals surface area (Å²) in [7, 11) is 4.43. The molecule has 4 aliphatic rings. The largest absolute Gasteiger partial charge is 0.373 e. The first kappa shape index (κ1) is 43.9. The molecule has 10 rings (SSSR count). The summed E-state index contributed by atoms with van der Waals surface area (Å²) in [4.78, 5) is 14.4. The summed E-state index contributed by atoms with van der Waals surface area (Å²) in [6, 6.07) is 30.7. The third-order valence-electron chi connectivity index (χ3n) is 14.5. The summed E-state index contributed by atoms with van der Waals surface area (Å²) in [5.41, 5.74) is 9.91. The van der Waals surface area contributed by atoms with E-state index in [1.807, 2.05) is 12.7 Å². The molecule has 0 N–H and O–H groups in total. The third-order valence-corrected chi connectivity index (χ3v) is 15.4. The molecule has 0 radical (unpaired) electrons. The van der Waals surface area contributed by atoms with Gasteiger partial charge >= 0.3 is 0 Å². The summed E-state index contributed by atoms with van der Waals surface area (Å²) >= 11 is 7.46. The molecule has 4 heterocycles. The predicted octanol–water partition coefficient (Wildman–Crippen LogP) is 11.9. The molecule has 10 heteroatoms. The molecule has 0 bridgehead atoms. The van der Waals surface area contributed by atoms with Crippen LogP contribution < -0.4 is 0 Å². The van der Waals surface area contributed by atoms with E-state index in [0.29, 0.717) is 0 Å². The summed E-state index contributed by atoms with van der Waals surface area (Å²) in [6.07, 6.45) is 13.9. The maximum atomic E-state index is 6.64. The maximum Gasteiger partial charge on any atom is 0.0958 e. The van der Waals surface area contributed by atoms with Crippen LogP contribution in [0.15, 0.2) is 107 Å². The number of rotatable bonds is 14. The average Bonchev–Trinajstić information content (AvgIpc) is 4.22. The van der Waals surface area contributed by atoms with Gasteiger partial charge in [0.2, 0.25) is 0 Å². The van der Waals surface area contributed by atoms with E-state index in [4.69, 9.17) is 19.4 Å². The molecule has 2 saturated carbocycles. The van der Waals surface area contributed by atoms with Crippen LogP contribution in [0.5, 0.6) is 0 Å². The van der Waals surface area contributed by atoms with Gasteiger partial charge in [-0.1, -0.05) is 92.5 Å². The topological polar surface area (TPSA) is 60.6 Å². The smallest absolute Gasteiger partial charge is 0.0958 e. The van der Waals surface area contributed by atoms with Gasteiger partial charge in [0.1, 0.15) is 0 Å². The Labute approximate surface area is 385 Å². The van der Waals surface area contributed by atoms with Gasteiger partial charge in [-0.25, -0.2) is 9.97 Å². The summed E-state index contributed by atoms with van der Waals surface area (Å²) in [5.74, 6) is 1.65. The molecule has 2 aromatic heterocycles. The first-order valence-electron chi connectivity index (χ1n) is 23.1. The molecule has 4 aromatic carbocycles. The molecule has 2 saturated heterocycles. The quantitative estimate of drug-likeness (QED) is 0.108. The van der Waals surface area contributed by atoms with E-state index in [0.717, 1.165) is 110 Å². The van der Waals surface area contributed by atoms with Gasteiger partial charge in [-0.3, -0.25) is 0 Å². The second kappa shape index (κ2) is 19.0. The van der Waals surface area contributed by atoms with Crippen LogP contribution in [-0.4, -0.2) is 82.4 Å². The van der Waals surface area contributed by atoms with Crippen LogP contribution in [0.1, 0.15) is 99.7 Å². The Morgan fingerprint density at radius 2 is 0.952 bits per heavy atom. The van der Waals surface area contributed by atoms with Crippen molar-refractivity contribution in [3.63, 3.8) is 0 Å². The highest BCUT2D eigenvalue weighted by Gasteiger charge is 2.38. The highest BCUT2D eigenvalue weighted by Crippen LogP contribution is 2.41.